The smallest absolute Gasteiger partial charge is 0.0725 e. The molecule has 0 aliphatic carbocycles. The van der Waals surface area contributed by atoms with Gasteiger partial charge in [-0.3, -0.25) is 0 Å². The van der Waals surface area contributed by atoms with Gasteiger partial charge in [0, 0.05) is 0 Å². The summed E-state index contributed by atoms with van der Waals surface area (Å²) in [7, 11) is 1.89. The molecule has 0 heterocycles. The first kappa shape index (κ1) is 9.83. The van der Waals surface area contributed by atoms with Gasteiger partial charge in [-0.15, -0.1) is 6.42 Å². The van der Waals surface area contributed by atoms with Crippen LogP contribution in [-0.2, 0) is 6.42 Å². The summed E-state index contributed by atoms with van der Waals surface area (Å²) < 4.78 is 0. The fraction of sp³-hybridized carbons (Fsp3) is 0.333. The summed E-state index contributed by atoms with van der Waals surface area (Å²) in [6, 6.07) is 8.46. The SMILES string of the molecule is C#CC(Cc1ccccc1C)NC. The van der Waals surface area contributed by atoms with Crippen LogP contribution in [0, 0.1) is 19.3 Å². The van der Waals surface area contributed by atoms with Gasteiger partial charge in [0.15, 0.2) is 0 Å². The fourth-order valence-corrected chi connectivity index (χ4v) is 1.30. The Kier molecular flexibility index (Phi) is 3.54. The number of hydrogen-bond acceptors (Lipinski definition) is 1. The molecule has 0 fully saturated rings. The van der Waals surface area contributed by atoms with Crippen molar-refractivity contribution in [3.8, 4) is 12.3 Å². The van der Waals surface area contributed by atoms with Gasteiger partial charge in [-0.2, -0.15) is 0 Å². The van der Waals surface area contributed by atoms with E-state index in [1.54, 1.807) is 0 Å². The molecule has 1 aromatic carbocycles. The molecule has 0 saturated heterocycles. The molecule has 0 aromatic heterocycles. The van der Waals surface area contributed by atoms with Crippen molar-refractivity contribution < 1.29 is 0 Å². The van der Waals surface area contributed by atoms with Gasteiger partial charge in [0.05, 0.1) is 6.04 Å². The monoisotopic (exact) mass is 173 g/mol. The molecular weight excluding hydrogens is 158 g/mol. The second kappa shape index (κ2) is 4.69. The highest BCUT2D eigenvalue weighted by molar-refractivity contribution is 5.27. The van der Waals surface area contributed by atoms with E-state index in [0.717, 1.165) is 6.42 Å². The van der Waals surface area contributed by atoms with Crippen LogP contribution in [0.25, 0.3) is 0 Å². The molecule has 0 aliphatic heterocycles. The number of terminal acetylenes is 1. The second-order valence-electron chi connectivity index (χ2n) is 3.14. The summed E-state index contributed by atoms with van der Waals surface area (Å²) in [5.41, 5.74) is 2.62. The molecule has 1 aromatic rings. The van der Waals surface area contributed by atoms with E-state index >= 15 is 0 Å². The Labute approximate surface area is 80.2 Å². The molecular formula is C12H15N. The molecule has 1 atom stereocenters. The Morgan fingerprint density at radius 1 is 1.46 bits per heavy atom. The standard InChI is InChI=1S/C12H15N/c1-4-12(13-3)9-11-8-6-5-7-10(11)2/h1,5-8,12-13H,9H2,2-3H3. The maximum atomic E-state index is 5.37. The lowest BCUT2D eigenvalue weighted by molar-refractivity contribution is 0.681. The summed E-state index contributed by atoms with van der Waals surface area (Å²) >= 11 is 0. The van der Waals surface area contributed by atoms with Gasteiger partial charge in [0.25, 0.3) is 0 Å². The molecule has 0 amide bonds. The van der Waals surface area contributed by atoms with Crippen LogP contribution in [-0.4, -0.2) is 13.1 Å². The van der Waals surface area contributed by atoms with Crippen LogP contribution in [0.2, 0.25) is 0 Å². The van der Waals surface area contributed by atoms with E-state index in [9.17, 15) is 0 Å². The lowest BCUT2D eigenvalue weighted by atomic mass is 10.0. The van der Waals surface area contributed by atoms with Crippen LogP contribution in [0.1, 0.15) is 11.1 Å². The van der Waals surface area contributed by atoms with Gasteiger partial charge in [0.1, 0.15) is 0 Å². The molecule has 1 N–H and O–H groups in total. The van der Waals surface area contributed by atoms with E-state index in [-0.39, 0.29) is 6.04 Å². The van der Waals surface area contributed by atoms with Crippen LogP contribution in [0.15, 0.2) is 24.3 Å². The summed E-state index contributed by atoms with van der Waals surface area (Å²) in [4.78, 5) is 0. The third kappa shape index (κ3) is 2.61. The maximum Gasteiger partial charge on any atom is 0.0725 e. The van der Waals surface area contributed by atoms with Gasteiger partial charge in [-0.1, -0.05) is 30.2 Å². The van der Waals surface area contributed by atoms with E-state index in [0.29, 0.717) is 0 Å². The Bertz CT molecular complexity index is 309. The highest BCUT2D eigenvalue weighted by Crippen LogP contribution is 2.09. The highest BCUT2D eigenvalue weighted by Gasteiger charge is 2.04. The van der Waals surface area contributed by atoms with Crippen molar-refractivity contribution in [3.63, 3.8) is 0 Å². The zero-order valence-electron chi connectivity index (χ0n) is 8.17. The molecule has 1 nitrogen and oxygen atoms in total. The zero-order chi connectivity index (χ0) is 9.68. The van der Waals surface area contributed by atoms with Crippen LogP contribution in [0.4, 0.5) is 0 Å². The minimum absolute atomic E-state index is 0.140. The van der Waals surface area contributed by atoms with Gasteiger partial charge in [-0.25, -0.2) is 0 Å². The van der Waals surface area contributed by atoms with Gasteiger partial charge in [0.2, 0.25) is 0 Å². The summed E-state index contributed by atoms with van der Waals surface area (Å²) in [5, 5.41) is 3.09. The predicted molar refractivity (Wildman–Crippen MR) is 56.6 cm³/mol. The molecule has 0 aliphatic rings. The topological polar surface area (TPSA) is 12.0 Å². The molecule has 1 rings (SSSR count). The van der Waals surface area contributed by atoms with Crippen molar-refractivity contribution in [1.29, 1.82) is 0 Å². The van der Waals surface area contributed by atoms with Gasteiger partial charge in [-0.05, 0) is 31.5 Å². The molecule has 1 heteroatoms. The number of hydrogen-bond donors (Lipinski definition) is 1. The average molecular weight is 173 g/mol. The van der Waals surface area contributed by atoms with E-state index in [1.165, 1.54) is 11.1 Å². The van der Waals surface area contributed by atoms with Gasteiger partial charge >= 0.3 is 0 Å². The van der Waals surface area contributed by atoms with Crippen LogP contribution >= 0.6 is 0 Å². The van der Waals surface area contributed by atoms with Gasteiger partial charge < -0.3 is 5.32 Å². The molecule has 0 radical (unpaired) electrons. The van der Waals surface area contributed by atoms with Crippen LogP contribution in [0.5, 0.6) is 0 Å². The van der Waals surface area contributed by atoms with E-state index in [2.05, 4.69) is 30.3 Å². The lowest BCUT2D eigenvalue weighted by Gasteiger charge is -2.10. The van der Waals surface area contributed by atoms with Crippen LogP contribution in [0.3, 0.4) is 0 Å². The Hall–Kier alpha value is -1.26. The molecule has 68 valence electrons. The zero-order valence-corrected chi connectivity index (χ0v) is 8.17. The minimum Gasteiger partial charge on any atom is -0.306 e. The van der Waals surface area contributed by atoms with Crippen molar-refractivity contribution in [2.75, 3.05) is 7.05 Å². The third-order valence-corrected chi connectivity index (χ3v) is 2.23. The summed E-state index contributed by atoms with van der Waals surface area (Å²) in [6.07, 6.45) is 6.27. The van der Waals surface area contributed by atoms with E-state index < -0.39 is 0 Å². The molecule has 0 spiro atoms. The number of likely N-dealkylation sites (N-methyl/N-ethyl adjacent to an activating group) is 1. The average Bonchev–Trinajstić information content (AvgIpc) is 2.17. The lowest BCUT2D eigenvalue weighted by Crippen LogP contribution is -2.25. The maximum absolute atomic E-state index is 5.37. The molecule has 13 heavy (non-hydrogen) atoms. The van der Waals surface area contributed by atoms with E-state index in [1.807, 2.05) is 19.2 Å². The first-order chi connectivity index (χ1) is 6.27. The largest absolute Gasteiger partial charge is 0.306 e. The van der Waals surface area contributed by atoms with Crippen molar-refractivity contribution in [3.05, 3.63) is 35.4 Å². The van der Waals surface area contributed by atoms with Crippen molar-refractivity contribution >= 4 is 0 Å². The first-order valence-electron chi connectivity index (χ1n) is 4.46. The number of benzene rings is 1. The van der Waals surface area contributed by atoms with Crippen LogP contribution < -0.4 is 5.32 Å². The van der Waals surface area contributed by atoms with E-state index in [4.69, 9.17) is 6.42 Å². The number of nitrogens with one attached hydrogen (secondary N) is 1. The second-order valence-corrected chi connectivity index (χ2v) is 3.14. The Balaban J connectivity index is 2.74. The third-order valence-electron chi connectivity index (χ3n) is 2.23. The molecule has 1 unspecified atom stereocenters. The normalized spacial score (nSPS) is 12.1. The first-order valence-corrected chi connectivity index (χ1v) is 4.46. The number of rotatable bonds is 3. The summed E-state index contributed by atoms with van der Waals surface area (Å²) in [5.74, 6) is 2.72. The number of aryl methyl sites for hydroxylation is 1. The van der Waals surface area contributed by atoms with Crippen molar-refractivity contribution in [2.24, 2.45) is 0 Å². The quantitative estimate of drug-likeness (QED) is 0.687. The summed E-state index contributed by atoms with van der Waals surface area (Å²) in [6.45, 7) is 2.11. The predicted octanol–water partition coefficient (Wildman–Crippen LogP) is 1.76. The Morgan fingerprint density at radius 2 is 2.15 bits per heavy atom. The molecule has 0 saturated carbocycles. The van der Waals surface area contributed by atoms with Crippen molar-refractivity contribution in [2.45, 2.75) is 19.4 Å². The van der Waals surface area contributed by atoms with Crippen molar-refractivity contribution in [1.82, 2.24) is 5.32 Å². The minimum atomic E-state index is 0.140. The fourth-order valence-electron chi connectivity index (χ4n) is 1.30. The Morgan fingerprint density at radius 3 is 2.69 bits per heavy atom. The molecule has 0 bridgehead atoms. The highest BCUT2D eigenvalue weighted by atomic mass is 14.8.